The van der Waals surface area contributed by atoms with Crippen LogP contribution in [0.2, 0.25) is 0 Å². The van der Waals surface area contributed by atoms with E-state index in [4.69, 9.17) is 4.74 Å². The number of nitrogens with zero attached hydrogens (tertiary/aromatic N) is 3. The summed E-state index contributed by atoms with van der Waals surface area (Å²) >= 11 is 0. The first kappa shape index (κ1) is 14.6. The zero-order chi connectivity index (χ0) is 13.8. The Balaban J connectivity index is 3.00. The molecular weight excluding hydrogens is 232 g/mol. The predicted octanol–water partition coefficient (Wildman–Crippen LogP) is 0.554. The Bertz CT molecular complexity index is 416. The largest absolute Gasteiger partial charge is 0.468 e. The van der Waals surface area contributed by atoms with Gasteiger partial charge in [0.15, 0.2) is 5.82 Å². The molecule has 1 heterocycles. The SMILES string of the molecule is CCc1nc(CC)n(CC(C)(NC)C(=O)OC)n1. The minimum atomic E-state index is -0.794. The summed E-state index contributed by atoms with van der Waals surface area (Å²) in [5.41, 5.74) is -0.794. The molecule has 1 aromatic rings. The average Bonchev–Trinajstić information content (AvgIpc) is 2.79. The van der Waals surface area contributed by atoms with Crippen LogP contribution in [0.1, 0.15) is 32.4 Å². The lowest BCUT2D eigenvalue weighted by Gasteiger charge is -2.26. The number of carbonyl (C=O) groups is 1. The predicted molar refractivity (Wildman–Crippen MR) is 68.3 cm³/mol. The smallest absolute Gasteiger partial charge is 0.327 e. The molecule has 0 fully saturated rings. The molecule has 0 aliphatic heterocycles. The monoisotopic (exact) mass is 254 g/mol. The summed E-state index contributed by atoms with van der Waals surface area (Å²) in [7, 11) is 3.12. The standard InChI is InChI=1S/C12H22N4O2/c1-6-9-14-10(7-2)16(15-9)8-12(3,13-4)11(17)18-5/h13H,6-8H2,1-5H3. The molecule has 0 spiro atoms. The van der Waals surface area contributed by atoms with Crippen molar-refractivity contribution in [2.45, 2.75) is 45.7 Å². The molecule has 0 aliphatic carbocycles. The highest BCUT2D eigenvalue weighted by atomic mass is 16.5. The van der Waals surface area contributed by atoms with Crippen LogP contribution in [0.15, 0.2) is 0 Å². The van der Waals surface area contributed by atoms with E-state index in [1.807, 2.05) is 13.8 Å². The maximum absolute atomic E-state index is 11.8. The van der Waals surface area contributed by atoms with Crippen LogP contribution in [-0.2, 0) is 28.9 Å². The van der Waals surface area contributed by atoms with Crippen LogP contribution in [0.25, 0.3) is 0 Å². The third-order valence-electron chi connectivity index (χ3n) is 3.08. The maximum atomic E-state index is 11.8. The van der Waals surface area contributed by atoms with Crippen molar-refractivity contribution in [1.82, 2.24) is 20.1 Å². The number of ether oxygens (including phenoxy) is 1. The zero-order valence-corrected chi connectivity index (χ0v) is 11.8. The molecular formula is C12H22N4O2. The summed E-state index contributed by atoms with van der Waals surface area (Å²) in [6.45, 7) is 6.24. The van der Waals surface area contributed by atoms with Crippen molar-refractivity contribution in [1.29, 1.82) is 0 Å². The molecule has 0 radical (unpaired) electrons. The Hall–Kier alpha value is -1.43. The van der Waals surface area contributed by atoms with Gasteiger partial charge in [-0.3, -0.25) is 0 Å². The molecule has 0 bridgehead atoms. The second-order valence-electron chi connectivity index (χ2n) is 4.38. The van der Waals surface area contributed by atoms with Gasteiger partial charge in [-0.15, -0.1) is 0 Å². The summed E-state index contributed by atoms with van der Waals surface area (Å²) in [6, 6.07) is 0. The molecule has 1 aromatic heterocycles. The van der Waals surface area contributed by atoms with E-state index in [0.717, 1.165) is 24.5 Å². The minimum Gasteiger partial charge on any atom is -0.468 e. The van der Waals surface area contributed by atoms with E-state index < -0.39 is 5.54 Å². The molecule has 102 valence electrons. The Morgan fingerprint density at radius 3 is 2.56 bits per heavy atom. The van der Waals surface area contributed by atoms with E-state index in [2.05, 4.69) is 15.4 Å². The van der Waals surface area contributed by atoms with E-state index in [9.17, 15) is 4.79 Å². The molecule has 18 heavy (non-hydrogen) atoms. The number of likely N-dealkylation sites (N-methyl/N-ethyl adjacent to an activating group) is 1. The molecule has 0 aromatic carbocycles. The summed E-state index contributed by atoms with van der Waals surface area (Å²) in [5.74, 6) is 1.38. The molecule has 1 unspecified atom stereocenters. The Labute approximate surface area is 108 Å². The first-order valence-corrected chi connectivity index (χ1v) is 6.20. The van der Waals surface area contributed by atoms with E-state index in [1.54, 1.807) is 18.7 Å². The molecule has 1 N–H and O–H groups in total. The Morgan fingerprint density at radius 1 is 1.44 bits per heavy atom. The quantitative estimate of drug-likeness (QED) is 0.751. The number of hydrogen-bond acceptors (Lipinski definition) is 5. The van der Waals surface area contributed by atoms with Gasteiger partial charge in [0.1, 0.15) is 11.4 Å². The van der Waals surface area contributed by atoms with Crippen LogP contribution >= 0.6 is 0 Å². The third-order valence-corrected chi connectivity index (χ3v) is 3.08. The highest BCUT2D eigenvalue weighted by Gasteiger charge is 2.34. The highest BCUT2D eigenvalue weighted by Crippen LogP contribution is 2.11. The van der Waals surface area contributed by atoms with Crippen molar-refractivity contribution in [3.05, 3.63) is 11.6 Å². The van der Waals surface area contributed by atoms with Crippen molar-refractivity contribution in [2.24, 2.45) is 0 Å². The van der Waals surface area contributed by atoms with Gasteiger partial charge in [0.2, 0.25) is 0 Å². The van der Waals surface area contributed by atoms with Crippen molar-refractivity contribution in [2.75, 3.05) is 14.2 Å². The van der Waals surface area contributed by atoms with Crippen molar-refractivity contribution < 1.29 is 9.53 Å². The van der Waals surface area contributed by atoms with Gasteiger partial charge in [0, 0.05) is 12.8 Å². The molecule has 1 atom stereocenters. The number of rotatable bonds is 6. The van der Waals surface area contributed by atoms with E-state index >= 15 is 0 Å². The van der Waals surface area contributed by atoms with Gasteiger partial charge >= 0.3 is 5.97 Å². The van der Waals surface area contributed by atoms with Crippen LogP contribution < -0.4 is 5.32 Å². The van der Waals surface area contributed by atoms with Crippen LogP contribution in [-0.4, -0.2) is 40.4 Å². The molecule has 6 heteroatoms. The third kappa shape index (κ3) is 2.87. The van der Waals surface area contributed by atoms with Gasteiger partial charge in [-0.2, -0.15) is 5.10 Å². The van der Waals surface area contributed by atoms with Gasteiger partial charge in [-0.05, 0) is 14.0 Å². The van der Waals surface area contributed by atoms with E-state index in [-0.39, 0.29) is 5.97 Å². The van der Waals surface area contributed by atoms with E-state index in [0.29, 0.717) is 6.54 Å². The van der Waals surface area contributed by atoms with Gasteiger partial charge in [-0.25, -0.2) is 14.5 Å². The van der Waals surface area contributed by atoms with Crippen LogP contribution in [0.3, 0.4) is 0 Å². The van der Waals surface area contributed by atoms with Gasteiger partial charge < -0.3 is 10.1 Å². The fourth-order valence-electron chi connectivity index (χ4n) is 1.73. The molecule has 6 nitrogen and oxygen atoms in total. The van der Waals surface area contributed by atoms with Gasteiger partial charge in [0.05, 0.1) is 13.7 Å². The second kappa shape index (κ2) is 5.95. The average molecular weight is 254 g/mol. The first-order chi connectivity index (χ1) is 8.50. The summed E-state index contributed by atoms with van der Waals surface area (Å²) in [4.78, 5) is 16.2. The number of hydrogen-bond donors (Lipinski definition) is 1. The molecule has 0 amide bonds. The number of carbonyl (C=O) groups excluding carboxylic acids is 1. The first-order valence-electron chi connectivity index (χ1n) is 6.20. The number of esters is 1. The van der Waals surface area contributed by atoms with Crippen molar-refractivity contribution in [3.63, 3.8) is 0 Å². The fourth-order valence-corrected chi connectivity index (χ4v) is 1.73. The Morgan fingerprint density at radius 2 is 2.11 bits per heavy atom. The molecule has 0 saturated heterocycles. The lowest BCUT2D eigenvalue weighted by atomic mass is 10.0. The van der Waals surface area contributed by atoms with Gasteiger partial charge in [-0.1, -0.05) is 13.8 Å². The maximum Gasteiger partial charge on any atom is 0.327 e. The van der Waals surface area contributed by atoms with Crippen LogP contribution in [0, 0.1) is 0 Å². The van der Waals surface area contributed by atoms with Crippen LogP contribution in [0.5, 0.6) is 0 Å². The lowest BCUT2D eigenvalue weighted by molar-refractivity contribution is -0.148. The van der Waals surface area contributed by atoms with E-state index in [1.165, 1.54) is 7.11 Å². The minimum absolute atomic E-state index is 0.305. The van der Waals surface area contributed by atoms with Gasteiger partial charge in [0.25, 0.3) is 0 Å². The number of aryl methyl sites for hydroxylation is 2. The number of nitrogens with one attached hydrogen (secondary N) is 1. The number of aromatic nitrogens is 3. The summed E-state index contributed by atoms with van der Waals surface area (Å²) < 4.78 is 6.61. The second-order valence-corrected chi connectivity index (χ2v) is 4.38. The molecule has 0 saturated carbocycles. The summed E-state index contributed by atoms with van der Waals surface area (Å²) in [6.07, 6.45) is 1.57. The van der Waals surface area contributed by atoms with Crippen molar-refractivity contribution in [3.8, 4) is 0 Å². The topological polar surface area (TPSA) is 69.0 Å². The van der Waals surface area contributed by atoms with Crippen LogP contribution in [0.4, 0.5) is 0 Å². The Kier molecular flexibility index (Phi) is 4.84. The molecule has 1 rings (SSSR count). The van der Waals surface area contributed by atoms with Crippen molar-refractivity contribution >= 4 is 5.97 Å². The fraction of sp³-hybridized carbons (Fsp3) is 0.750. The highest BCUT2D eigenvalue weighted by molar-refractivity contribution is 5.80. The molecule has 0 aliphatic rings. The number of methoxy groups -OCH3 is 1. The summed E-state index contributed by atoms with van der Waals surface area (Å²) in [5, 5.41) is 7.40. The lowest BCUT2D eigenvalue weighted by Crippen LogP contribution is -2.52. The normalized spacial score (nSPS) is 14.3. The zero-order valence-electron chi connectivity index (χ0n) is 11.8.